The van der Waals surface area contributed by atoms with Crippen LogP contribution in [0.1, 0.15) is 41.9 Å². The molecule has 0 saturated carbocycles. The Balaban J connectivity index is 1.62. The number of amides is 1. The van der Waals surface area contributed by atoms with Crippen molar-refractivity contribution in [3.8, 4) is 0 Å². The number of aromatic nitrogens is 3. The van der Waals surface area contributed by atoms with Crippen LogP contribution in [0.2, 0.25) is 0 Å². The summed E-state index contributed by atoms with van der Waals surface area (Å²) in [6.45, 7) is 3.15. The molecule has 1 aliphatic rings. The number of hydrogen-bond acceptors (Lipinski definition) is 4. The lowest BCUT2D eigenvalue weighted by atomic mass is 10.1. The number of nitrogens with one attached hydrogen (secondary N) is 1. The van der Waals surface area contributed by atoms with Gasteiger partial charge in [0.15, 0.2) is 5.69 Å². The standard InChI is InChI=1S/C16H19FN4O2/c1-11(12-4-6-13(17)7-5-12)21-10-15(19-20-21)16(22)18-9-14-3-2-8-23-14/h4-7,10-11,14H,2-3,8-9H2,1H3,(H,18,22). The van der Waals surface area contributed by atoms with Gasteiger partial charge < -0.3 is 10.1 Å². The molecule has 122 valence electrons. The highest BCUT2D eigenvalue weighted by atomic mass is 19.1. The minimum atomic E-state index is -0.284. The van der Waals surface area contributed by atoms with Crippen LogP contribution < -0.4 is 5.32 Å². The molecule has 23 heavy (non-hydrogen) atoms. The van der Waals surface area contributed by atoms with Crippen LogP contribution in [0.4, 0.5) is 4.39 Å². The zero-order valence-electron chi connectivity index (χ0n) is 12.9. The molecule has 2 atom stereocenters. The number of rotatable bonds is 5. The summed E-state index contributed by atoms with van der Waals surface area (Å²) in [6, 6.07) is 6.05. The highest BCUT2D eigenvalue weighted by Crippen LogP contribution is 2.17. The summed E-state index contributed by atoms with van der Waals surface area (Å²) < 4.78 is 20.0. The van der Waals surface area contributed by atoms with E-state index in [-0.39, 0.29) is 29.6 Å². The average Bonchev–Trinajstić information content (AvgIpc) is 3.24. The molecule has 1 fully saturated rings. The average molecular weight is 318 g/mol. The predicted molar refractivity (Wildman–Crippen MR) is 81.5 cm³/mol. The summed E-state index contributed by atoms with van der Waals surface area (Å²) in [6.07, 6.45) is 3.69. The van der Waals surface area contributed by atoms with Crippen molar-refractivity contribution in [2.45, 2.75) is 31.9 Å². The van der Waals surface area contributed by atoms with E-state index in [9.17, 15) is 9.18 Å². The number of nitrogens with zero attached hydrogens (tertiary/aromatic N) is 3. The van der Waals surface area contributed by atoms with Crippen molar-refractivity contribution >= 4 is 5.91 Å². The van der Waals surface area contributed by atoms with Gasteiger partial charge in [-0.25, -0.2) is 9.07 Å². The Morgan fingerprint density at radius 2 is 2.26 bits per heavy atom. The van der Waals surface area contributed by atoms with E-state index in [1.54, 1.807) is 23.0 Å². The zero-order chi connectivity index (χ0) is 16.2. The van der Waals surface area contributed by atoms with Crippen molar-refractivity contribution in [2.75, 3.05) is 13.2 Å². The molecule has 0 bridgehead atoms. The Hall–Kier alpha value is -2.28. The van der Waals surface area contributed by atoms with E-state index in [1.807, 2.05) is 6.92 Å². The van der Waals surface area contributed by atoms with E-state index in [2.05, 4.69) is 15.6 Å². The van der Waals surface area contributed by atoms with Gasteiger partial charge in [0.1, 0.15) is 5.82 Å². The molecule has 0 aliphatic carbocycles. The fourth-order valence-electron chi connectivity index (χ4n) is 2.57. The molecule has 0 radical (unpaired) electrons. The highest BCUT2D eigenvalue weighted by Gasteiger charge is 2.19. The first-order valence-electron chi connectivity index (χ1n) is 7.70. The van der Waals surface area contributed by atoms with E-state index in [1.165, 1.54) is 12.1 Å². The fraction of sp³-hybridized carbons (Fsp3) is 0.438. The Morgan fingerprint density at radius 3 is 2.96 bits per heavy atom. The van der Waals surface area contributed by atoms with Gasteiger partial charge in [0, 0.05) is 13.2 Å². The topological polar surface area (TPSA) is 69.0 Å². The molecule has 2 heterocycles. The maximum absolute atomic E-state index is 13.0. The molecular formula is C16H19FN4O2. The maximum atomic E-state index is 13.0. The second-order valence-corrected chi connectivity index (χ2v) is 5.66. The summed E-state index contributed by atoms with van der Waals surface area (Å²) in [7, 11) is 0. The minimum Gasteiger partial charge on any atom is -0.376 e. The number of carbonyl (C=O) groups is 1. The van der Waals surface area contributed by atoms with Crippen molar-refractivity contribution in [3.05, 3.63) is 47.5 Å². The van der Waals surface area contributed by atoms with Gasteiger partial charge in [-0.3, -0.25) is 4.79 Å². The largest absolute Gasteiger partial charge is 0.376 e. The number of halogens is 1. The molecular weight excluding hydrogens is 299 g/mol. The number of ether oxygens (including phenoxy) is 1. The van der Waals surface area contributed by atoms with Crippen LogP contribution in [0.15, 0.2) is 30.5 Å². The number of benzene rings is 1. The summed E-state index contributed by atoms with van der Waals surface area (Å²) in [5.74, 6) is -0.549. The maximum Gasteiger partial charge on any atom is 0.273 e. The van der Waals surface area contributed by atoms with Gasteiger partial charge in [0.05, 0.1) is 18.3 Å². The molecule has 3 rings (SSSR count). The molecule has 0 spiro atoms. The first-order valence-corrected chi connectivity index (χ1v) is 7.70. The highest BCUT2D eigenvalue weighted by molar-refractivity contribution is 5.91. The third-order valence-corrected chi connectivity index (χ3v) is 4.01. The lowest BCUT2D eigenvalue weighted by Crippen LogP contribution is -2.32. The smallest absolute Gasteiger partial charge is 0.273 e. The molecule has 1 aromatic carbocycles. The van der Waals surface area contributed by atoms with Gasteiger partial charge in [-0.15, -0.1) is 5.10 Å². The molecule has 1 amide bonds. The molecule has 2 unspecified atom stereocenters. The molecule has 6 nitrogen and oxygen atoms in total. The number of hydrogen-bond donors (Lipinski definition) is 1. The third kappa shape index (κ3) is 3.73. The van der Waals surface area contributed by atoms with E-state index >= 15 is 0 Å². The molecule has 1 N–H and O–H groups in total. The van der Waals surface area contributed by atoms with Crippen LogP contribution in [0.25, 0.3) is 0 Å². The normalized spacial score (nSPS) is 18.8. The fourth-order valence-corrected chi connectivity index (χ4v) is 2.57. The van der Waals surface area contributed by atoms with Gasteiger partial charge in [-0.1, -0.05) is 17.3 Å². The van der Waals surface area contributed by atoms with Gasteiger partial charge in [-0.2, -0.15) is 0 Å². The molecule has 2 aromatic rings. The predicted octanol–water partition coefficient (Wildman–Crippen LogP) is 1.94. The molecule has 1 aliphatic heterocycles. The summed E-state index contributed by atoms with van der Waals surface area (Å²) in [4.78, 5) is 12.1. The quantitative estimate of drug-likeness (QED) is 0.914. The van der Waals surface area contributed by atoms with Crippen molar-refractivity contribution in [2.24, 2.45) is 0 Å². The van der Waals surface area contributed by atoms with Crippen molar-refractivity contribution < 1.29 is 13.9 Å². The summed E-state index contributed by atoms with van der Waals surface area (Å²) in [5, 5.41) is 10.7. The lowest BCUT2D eigenvalue weighted by Gasteiger charge is -2.11. The van der Waals surface area contributed by atoms with Crippen LogP contribution in [0.5, 0.6) is 0 Å². The van der Waals surface area contributed by atoms with Crippen LogP contribution in [-0.4, -0.2) is 40.2 Å². The second kappa shape index (κ2) is 6.87. The lowest BCUT2D eigenvalue weighted by molar-refractivity contribution is 0.0853. The summed E-state index contributed by atoms with van der Waals surface area (Å²) in [5.41, 5.74) is 1.15. The van der Waals surface area contributed by atoms with Crippen LogP contribution in [0, 0.1) is 5.82 Å². The summed E-state index contributed by atoms with van der Waals surface area (Å²) >= 11 is 0. The van der Waals surface area contributed by atoms with Crippen LogP contribution >= 0.6 is 0 Å². The molecule has 1 saturated heterocycles. The zero-order valence-corrected chi connectivity index (χ0v) is 12.9. The first-order chi connectivity index (χ1) is 11.1. The Morgan fingerprint density at radius 1 is 1.48 bits per heavy atom. The van der Waals surface area contributed by atoms with Gasteiger partial charge in [0.25, 0.3) is 5.91 Å². The van der Waals surface area contributed by atoms with Crippen molar-refractivity contribution in [3.63, 3.8) is 0 Å². The third-order valence-electron chi connectivity index (χ3n) is 4.01. The van der Waals surface area contributed by atoms with Gasteiger partial charge in [0.2, 0.25) is 0 Å². The van der Waals surface area contributed by atoms with Gasteiger partial charge >= 0.3 is 0 Å². The van der Waals surface area contributed by atoms with E-state index < -0.39 is 0 Å². The van der Waals surface area contributed by atoms with Gasteiger partial charge in [-0.05, 0) is 37.5 Å². The molecule has 7 heteroatoms. The van der Waals surface area contributed by atoms with E-state index in [0.29, 0.717) is 6.54 Å². The van der Waals surface area contributed by atoms with Crippen molar-refractivity contribution in [1.82, 2.24) is 20.3 Å². The van der Waals surface area contributed by atoms with Crippen LogP contribution in [0.3, 0.4) is 0 Å². The van der Waals surface area contributed by atoms with E-state index in [4.69, 9.17) is 4.74 Å². The SMILES string of the molecule is CC(c1ccc(F)cc1)n1cc(C(=O)NCC2CCCO2)nn1. The van der Waals surface area contributed by atoms with Crippen LogP contribution in [-0.2, 0) is 4.74 Å². The Kier molecular flexibility index (Phi) is 4.66. The number of carbonyl (C=O) groups excluding carboxylic acids is 1. The second-order valence-electron chi connectivity index (χ2n) is 5.66. The van der Waals surface area contributed by atoms with E-state index in [0.717, 1.165) is 25.0 Å². The Bertz CT molecular complexity index is 665. The van der Waals surface area contributed by atoms with Crippen molar-refractivity contribution in [1.29, 1.82) is 0 Å². The Labute approximate surface area is 133 Å². The first kappa shape index (κ1) is 15.6. The molecule has 1 aromatic heterocycles. The minimum absolute atomic E-state index is 0.0899. The monoisotopic (exact) mass is 318 g/mol.